The Morgan fingerprint density at radius 2 is 2.28 bits per heavy atom. The first-order valence-electron chi connectivity index (χ1n) is 5.51. The molecule has 98 valence electrons. The van der Waals surface area contributed by atoms with Crippen LogP contribution in [0.5, 0.6) is 0 Å². The molecule has 7 heteroatoms. The summed E-state index contributed by atoms with van der Waals surface area (Å²) in [4.78, 5) is 10.5. The van der Waals surface area contributed by atoms with E-state index in [2.05, 4.69) is 23.0 Å². The molecule has 0 aromatic carbocycles. The van der Waals surface area contributed by atoms with Crippen LogP contribution in [0.2, 0.25) is 5.28 Å². The van der Waals surface area contributed by atoms with Gasteiger partial charge in [0.05, 0.1) is 12.7 Å². The van der Waals surface area contributed by atoms with Crippen molar-refractivity contribution in [2.75, 3.05) is 12.4 Å². The van der Waals surface area contributed by atoms with Crippen molar-refractivity contribution >= 4 is 44.9 Å². The van der Waals surface area contributed by atoms with Gasteiger partial charge in [0.2, 0.25) is 5.28 Å². The summed E-state index contributed by atoms with van der Waals surface area (Å²) in [5, 5.41) is 20.1. The molecule has 1 unspecified atom stereocenters. The molecule has 0 bridgehead atoms. The molecule has 0 fully saturated rings. The number of thioether (sulfide) groups is 1. The highest BCUT2D eigenvalue weighted by Gasteiger charge is 2.12. The minimum Gasteiger partial charge on any atom is -0.394 e. The van der Waals surface area contributed by atoms with Crippen molar-refractivity contribution in [2.45, 2.75) is 24.5 Å². The summed E-state index contributed by atoms with van der Waals surface area (Å²) < 4.78 is 0. The number of thiophene rings is 1. The first-order valence-corrected chi connectivity index (χ1v) is 7.69. The third-order valence-electron chi connectivity index (χ3n) is 2.35. The van der Waals surface area contributed by atoms with Crippen molar-refractivity contribution in [1.82, 2.24) is 9.97 Å². The fourth-order valence-electron chi connectivity index (χ4n) is 1.43. The van der Waals surface area contributed by atoms with Gasteiger partial charge in [-0.25, -0.2) is 9.97 Å². The lowest BCUT2D eigenvalue weighted by atomic mass is 10.3. The van der Waals surface area contributed by atoms with Crippen LogP contribution >= 0.6 is 34.7 Å². The topological polar surface area (TPSA) is 66.2 Å². The Balaban J connectivity index is 2.32. The van der Waals surface area contributed by atoms with Crippen molar-refractivity contribution in [3.63, 3.8) is 0 Å². The number of aromatic nitrogens is 2. The highest BCUT2D eigenvalue weighted by atomic mass is 35.5. The van der Waals surface area contributed by atoms with E-state index in [4.69, 9.17) is 16.7 Å². The smallest absolute Gasteiger partial charge is 0.224 e. The second kappa shape index (κ2) is 6.16. The minimum atomic E-state index is -0.747. The van der Waals surface area contributed by atoms with Gasteiger partial charge in [0.15, 0.2) is 0 Å². The average Bonchev–Trinajstić information content (AvgIpc) is 2.78. The van der Waals surface area contributed by atoms with E-state index in [0.717, 1.165) is 21.7 Å². The molecule has 0 radical (unpaired) electrons. The fourth-order valence-corrected chi connectivity index (χ4v) is 3.65. The van der Waals surface area contributed by atoms with Crippen LogP contribution in [-0.4, -0.2) is 38.6 Å². The zero-order valence-corrected chi connectivity index (χ0v) is 12.1. The van der Waals surface area contributed by atoms with Crippen LogP contribution in [0.1, 0.15) is 11.8 Å². The van der Waals surface area contributed by atoms with E-state index < -0.39 is 6.10 Å². The van der Waals surface area contributed by atoms with Gasteiger partial charge in [0.25, 0.3) is 0 Å². The Kier molecular flexibility index (Phi) is 4.80. The van der Waals surface area contributed by atoms with E-state index in [1.54, 1.807) is 11.3 Å². The molecule has 0 amide bonds. The summed E-state index contributed by atoms with van der Waals surface area (Å²) in [7, 11) is 0. The van der Waals surface area contributed by atoms with Crippen molar-refractivity contribution in [1.29, 1.82) is 0 Å². The van der Waals surface area contributed by atoms with Gasteiger partial charge >= 0.3 is 0 Å². The van der Waals surface area contributed by atoms with Gasteiger partial charge in [-0.2, -0.15) is 0 Å². The molecule has 0 saturated carbocycles. The molecule has 0 spiro atoms. The Labute approximate surface area is 118 Å². The van der Waals surface area contributed by atoms with Crippen LogP contribution in [0, 0.1) is 0 Å². The van der Waals surface area contributed by atoms with Gasteiger partial charge in [-0.1, -0.05) is 6.92 Å². The van der Waals surface area contributed by atoms with Crippen LogP contribution in [0.3, 0.4) is 0 Å². The number of aliphatic hydroxyl groups is 2. The molecule has 0 aliphatic rings. The molecule has 2 aromatic heterocycles. The first kappa shape index (κ1) is 14.0. The molecule has 0 aliphatic carbocycles. The quantitative estimate of drug-likeness (QED) is 0.504. The molecule has 2 heterocycles. The molecule has 18 heavy (non-hydrogen) atoms. The molecule has 2 aromatic rings. The van der Waals surface area contributed by atoms with Crippen LogP contribution < -0.4 is 0 Å². The largest absolute Gasteiger partial charge is 0.394 e. The third kappa shape index (κ3) is 3.13. The van der Waals surface area contributed by atoms with Crippen molar-refractivity contribution < 1.29 is 10.2 Å². The van der Waals surface area contributed by atoms with E-state index in [1.807, 2.05) is 0 Å². The average molecular weight is 305 g/mol. The molecule has 2 rings (SSSR count). The van der Waals surface area contributed by atoms with Gasteiger partial charge in [-0.05, 0) is 24.1 Å². The zero-order chi connectivity index (χ0) is 13.1. The Morgan fingerprint density at radius 3 is 2.94 bits per heavy atom. The van der Waals surface area contributed by atoms with E-state index in [1.165, 1.54) is 16.6 Å². The number of nitrogens with zero attached hydrogens (tertiary/aromatic N) is 2. The second-order valence-electron chi connectivity index (χ2n) is 3.73. The van der Waals surface area contributed by atoms with Crippen molar-refractivity contribution in [2.24, 2.45) is 0 Å². The fraction of sp³-hybridized carbons (Fsp3) is 0.455. The lowest BCUT2D eigenvalue weighted by molar-refractivity contribution is 0.113. The Morgan fingerprint density at radius 1 is 1.50 bits per heavy atom. The third-order valence-corrected chi connectivity index (χ3v) is 4.83. The summed E-state index contributed by atoms with van der Waals surface area (Å²) in [6.45, 7) is 1.83. The molecule has 2 N–H and O–H groups in total. The molecule has 4 nitrogen and oxygen atoms in total. The van der Waals surface area contributed by atoms with E-state index in [9.17, 15) is 5.11 Å². The molecular weight excluding hydrogens is 292 g/mol. The van der Waals surface area contributed by atoms with Crippen LogP contribution in [0.25, 0.3) is 10.2 Å². The summed E-state index contributed by atoms with van der Waals surface area (Å²) in [5.41, 5.74) is 0. The minimum absolute atomic E-state index is 0.216. The standard InChI is InChI=1S/C11H13ClN2O2S2/c1-2-7-3-8-9(17-5-6(16)4-15)13-11(12)14-10(8)18-7/h3,6,15-16H,2,4-5H2,1H3. The van der Waals surface area contributed by atoms with E-state index in [-0.39, 0.29) is 11.9 Å². The van der Waals surface area contributed by atoms with E-state index >= 15 is 0 Å². The normalized spacial score (nSPS) is 13.1. The number of halogens is 1. The monoisotopic (exact) mass is 304 g/mol. The van der Waals surface area contributed by atoms with Crippen LogP contribution in [0.15, 0.2) is 11.1 Å². The number of hydrogen-bond acceptors (Lipinski definition) is 6. The summed E-state index contributed by atoms with van der Waals surface area (Å²) >= 11 is 8.87. The Hall–Kier alpha value is -0.400. The summed E-state index contributed by atoms with van der Waals surface area (Å²) in [5.74, 6) is 0.385. The summed E-state index contributed by atoms with van der Waals surface area (Å²) in [6.07, 6.45) is 0.199. The van der Waals surface area contributed by atoms with Crippen molar-refractivity contribution in [3.05, 3.63) is 16.2 Å². The molecule has 0 aliphatic heterocycles. The van der Waals surface area contributed by atoms with Crippen LogP contribution in [0.4, 0.5) is 0 Å². The van der Waals surface area contributed by atoms with Crippen molar-refractivity contribution in [3.8, 4) is 0 Å². The highest BCUT2D eigenvalue weighted by molar-refractivity contribution is 7.99. The number of hydrogen-bond donors (Lipinski definition) is 2. The second-order valence-corrected chi connectivity index (χ2v) is 6.19. The van der Waals surface area contributed by atoms with Gasteiger partial charge in [-0.3, -0.25) is 0 Å². The predicted molar refractivity (Wildman–Crippen MR) is 75.6 cm³/mol. The number of fused-ring (bicyclic) bond motifs is 1. The lowest BCUT2D eigenvalue weighted by Gasteiger charge is -2.06. The van der Waals surface area contributed by atoms with E-state index in [0.29, 0.717) is 5.75 Å². The van der Waals surface area contributed by atoms with Crippen LogP contribution in [-0.2, 0) is 6.42 Å². The van der Waals surface area contributed by atoms with Gasteiger partial charge < -0.3 is 10.2 Å². The summed E-state index contributed by atoms with van der Waals surface area (Å²) in [6, 6.07) is 2.06. The Bertz CT molecular complexity index is 547. The molecule has 1 atom stereocenters. The van der Waals surface area contributed by atoms with Gasteiger partial charge in [0, 0.05) is 16.0 Å². The molecular formula is C11H13ClN2O2S2. The number of aryl methyl sites for hydroxylation is 1. The zero-order valence-electron chi connectivity index (χ0n) is 9.76. The maximum atomic E-state index is 9.37. The lowest BCUT2D eigenvalue weighted by Crippen LogP contribution is -2.14. The first-order chi connectivity index (χ1) is 8.63. The maximum Gasteiger partial charge on any atom is 0.224 e. The van der Waals surface area contributed by atoms with Gasteiger partial charge in [0.1, 0.15) is 9.86 Å². The van der Waals surface area contributed by atoms with Gasteiger partial charge in [-0.15, -0.1) is 23.1 Å². The molecule has 0 saturated heterocycles. The predicted octanol–water partition coefficient (Wildman–Crippen LogP) is 2.35. The highest BCUT2D eigenvalue weighted by Crippen LogP contribution is 2.32. The SMILES string of the molecule is CCc1cc2c(SCC(O)CO)nc(Cl)nc2s1. The number of aliphatic hydroxyl groups excluding tert-OH is 2. The maximum absolute atomic E-state index is 9.37. The number of rotatable bonds is 5.